The lowest BCUT2D eigenvalue weighted by Gasteiger charge is -2.45. The molecule has 0 saturated carbocycles. The molecule has 5 atom stereocenters. The predicted molar refractivity (Wildman–Crippen MR) is 101 cm³/mol. The first kappa shape index (κ1) is 24.5. The summed E-state index contributed by atoms with van der Waals surface area (Å²) in [5.74, 6) is -2.57. The van der Waals surface area contributed by atoms with Crippen molar-refractivity contribution < 1.29 is 35.1 Å². The molecule has 1 aliphatic heterocycles. The second-order valence-corrected chi connectivity index (χ2v) is 7.76. The van der Waals surface area contributed by atoms with Gasteiger partial charge in [0.1, 0.15) is 30.2 Å². The highest BCUT2D eigenvalue weighted by Gasteiger charge is 2.53. The Morgan fingerprint density at radius 1 is 0.889 bits per heavy atom. The van der Waals surface area contributed by atoms with Crippen molar-refractivity contribution in [2.24, 2.45) is 0 Å². The van der Waals surface area contributed by atoms with E-state index in [9.17, 15) is 25.2 Å². The third kappa shape index (κ3) is 8.13. The van der Waals surface area contributed by atoms with Crippen molar-refractivity contribution >= 4 is 5.78 Å². The van der Waals surface area contributed by atoms with Gasteiger partial charge in [0.15, 0.2) is 0 Å². The molecule has 5 N–H and O–H groups in total. The Morgan fingerprint density at radius 3 is 1.93 bits per heavy atom. The number of unbranched alkanes of at least 4 members (excludes halogenated alkanes) is 9. The van der Waals surface area contributed by atoms with Crippen molar-refractivity contribution in [1.29, 1.82) is 0 Å². The molecule has 1 fully saturated rings. The summed E-state index contributed by atoms with van der Waals surface area (Å²) in [4.78, 5) is 12.1. The fourth-order valence-corrected chi connectivity index (χ4v) is 3.55. The molecule has 0 bridgehead atoms. The van der Waals surface area contributed by atoms with E-state index in [2.05, 4.69) is 6.92 Å². The zero-order valence-electron chi connectivity index (χ0n) is 16.6. The normalized spacial score (nSPS) is 31.2. The third-order valence-electron chi connectivity index (χ3n) is 5.31. The van der Waals surface area contributed by atoms with Crippen LogP contribution in [-0.4, -0.2) is 68.1 Å². The smallest absolute Gasteiger partial charge is 0.202 e. The Balaban J connectivity index is 2.22. The van der Waals surface area contributed by atoms with Gasteiger partial charge in [0, 0.05) is 6.42 Å². The Bertz CT molecular complexity index is 415. The number of hydrogen-bond donors (Lipinski definition) is 5. The largest absolute Gasteiger partial charge is 0.394 e. The summed E-state index contributed by atoms with van der Waals surface area (Å²) in [5, 5.41) is 49.0. The fourth-order valence-electron chi connectivity index (χ4n) is 3.55. The molecule has 0 amide bonds. The molecule has 1 saturated heterocycles. The predicted octanol–water partition coefficient (Wildman–Crippen LogP) is 1.42. The highest BCUT2D eigenvalue weighted by molar-refractivity contribution is 5.79. The van der Waals surface area contributed by atoms with Crippen molar-refractivity contribution in [3.63, 3.8) is 0 Å². The zero-order valence-corrected chi connectivity index (χ0v) is 16.6. The molecular weight excluding hydrogens is 352 g/mol. The first-order valence-electron chi connectivity index (χ1n) is 10.4. The monoisotopic (exact) mass is 390 g/mol. The van der Waals surface area contributed by atoms with E-state index in [0.29, 0.717) is 6.42 Å². The average Bonchev–Trinajstić information content (AvgIpc) is 2.64. The van der Waals surface area contributed by atoms with Crippen LogP contribution in [-0.2, 0) is 9.53 Å². The van der Waals surface area contributed by atoms with Gasteiger partial charge in [-0.15, -0.1) is 0 Å². The molecule has 0 aromatic rings. The molecule has 7 nitrogen and oxygen atoms in total. The lowest BCUT2D eigenvalue weighted by atomic mass is 9.89. The Labute approximate surface area is 162 Å². The van der Waals surface area contributed by atoms with E-state index in [1.54, 1.807) is 0 Å². The molecule has 0 radical (unpaired) electrons. The second kappa shape index (κ2) is 12.8. The third-order valence-corrected chi connectivity index (χ3v) is 5.31. The van der Waals surface area contributed by atoms with Gasteiger partial charge in [-0.05, 0) is 6.42 Å². The van der Waals surface area contributed by atoms with Crippen LogP contribution in [0.15, 0.2) is 0 Å². The molecule has 7 heteroatoms. The summed E-state index contributed by atoms with van der Waals surface area (Å²) in [5.41, 5.74) is 0. The van der Waals surface area contributed by atoms with Crippen molar-refractivity contribution in [3.8, 4) is 0 Å². The molecule has 1 aliphatic rings. The summed E-state index contributed by atoms with van der Waals surface area (Å²) in [6.07, 6.45) is 5.03. The lowest BCUT2D eigenvalue weighted by molar-refractivity contribution is -0.347. The summed E-state index contributed by atoms with van der Waals surface area (Å²) < 4.78 is 5.11. The highest BCUT2D eigenvalue weighted by Crippen LogP contribution is 2.31. The van der Waals surface area contributed by atoms with E-state index in [1.165, 1.54) is 38.5 Å². The number of rotatable bonds is 14. The van der Waals surface area contributed by atoms with Gasteiger partial charge >= 0.3 is 0 Å². The van der Waals surface area contributed by atoms with E-state index >= 15 is 0 Å². The van der Waals surface area contributed by atoms with Gasteiger partial charge in [0.2, 0.25) is 5.79 Å². The van der Waals surface area contributed by atoms with Crippen LogP contribution >= 0.6 is 0 Å². The SMILES string of the molecule is CCCCCCCCCCCCC(=O)C[C@@]1(O)O[C@H](CO)[C@@H](O)[C@H](O)[C@@H]1O. The highest BCUT2D eigenvalue weighted by atomic mass is 16.7. The Morgan fingerprint density at radius 2 is 1.41 bits per heavy atom. The van der Waals surface area contributed by atoms with Gasteiger partial charge in [-0.1, -0.05) is 64.7 Å². The van der Waals surface area contributed by atoms with E-state index in [4.69, 9.17) is 9.84 Å². The number of aliphatic hydroxyl groups excluding tert-OH is 4. The summed E-state index contributed by atoms with van der Waals surface area (Å²) in [7, 11) is 0. The molecule has 1 heterocycles. The van der Waals surface area contributed by atoms with Crippen LogP contribution in [0.2, 0.25) is 0 Å². The standard InChI is InChI=1S/C20H38O7/c1-2-3-4-5-6-7-8-9-10-11-12-15(22)13-20(26)19(25)18(24)17(23)16(14-21)27-20/h16-19,21,23-26H,2-14H2,1H3/t16-,17-,18+,19+,20-/m1/s1. The van der Waals surface area contributed by atoms with Gasteiger partial charge in [-0.3, -0.25) is 4.79 Å². The number of ketones is 1. The van der Waals surface area contributed by atoms with Crippen LogP contribution in [0.5, 0.6) is 0 Å². The number of carbonyl (C=O) groups excluding carboxylic acids is 1. The van der Waals surface area contributed by atoms with E-state index in [1.807, 2.05) is 0 Å². The van der Waals surface area contributed by atoms with E-state index in [0.717, 1.165) is 19.3 Å². The molecule has 0 aromatic carbocycles. The minimum Gasteiger partial charge on any atom is -0.394 e. The average molecular weight is 391 g/mol. The molecule has 0 unspecified atom stereocenters. The van der Waals surface area contributed by atoms with Gasteiger partial charge in [-0.25, -0.2) is 0 Å². The van der Waals surface area contributed by atoms with Crippen LogP contribution in [0, 0.1) is 0 Å². The molecular formula is C20H38O7. The molecule has 0 spiro atoms. The zero-order chi connectivity index (χ0) is 20.3. The van der Waals surface area contributed by atoms with Gasteiger partial charge in [0.25, 0.3) is 0 Å². The molecule has 0 aromatic heterocycles. The Hall–Kier alpha value is -0.570. The number of aliphatic hydroxyl groups is 5. The van der Waals surface area contributed by atoms with Crippen LogP contribution in [0.3, 0.4) is 0 Å². The van der Waals surface area contributed by atoms with Crippen LogP contribution < -0.4 is 0 Å². The van der Waals surface area contributed by atoms with Crippen molar-refractivity contribution in [2.75, 3.05) is 6.61 Å². The number of hydrogen-bond acceptors (Lipinski definition) is 7. The first-order valence-corrected chi connectivity index (χ1v) is 10.4. The fraction of sp³-hybridized carbons (Fsp3) is 0.950. The van der Waals surface area contributed by atoms with Crippen LogP contribution in [0.25, 0.3) is 0 Å². The van der Waals surface area contributed by atoms with Crippen LogP contribution in [0.4, 0.5) is 0 Å². The van der Waals surface area contributed by atoms with Crippen LogP contribution in [0.1, 0.15) is 84.0 Å². The lowest BCUT2D eigenvalue weighted by Crippen LogP contribution is -2.65. The van der Waals surface area contributed by atoms with Crippen molar-refractivity contribution in [3.05, 3.63) is 0 Å². The molecule has 160 valence electrons. The summed E-state index contributed by atoms with van der Waals surface area (Å²) in [6.45, 7) is 1.57. The topological polar surface area (TPSA) is 127 Å². The summed E-state index contributed by atoms with van der Waals surface area (Å²) in [6, 6.07) is 0. The van der Waals surface area contributed by atoms with E-state index < -0.39 is 43.2 Å². The number of carbonyl (C=O) groups is 1. The Kier molecular flexibility index (Phi) is 11.6. The van der Waals surface area contributed by atoms with Gasteiger partial charge < -0.3 is 30.3 Å². The maximum atomic E-state index is 12.1. The van der Waals surface area contributed by atoms with Crippen molar-refractivity contribution in [2.45, 2.75) is 114 Å². The number of Topliss-reactive ketones (excluding diaryl/α,β-unsaturated/α-hetero) is 1. The number of ether oxygens (including phenoxy) is 1. The molecule has 1 rings (SSSR count). The van der Waals surface area contributed by atoms with Gasteiger partial charge in [-0.2, -0.15) is 0 Å². The van der Waals surface area contributed by atoms with E-state index in [-0.39, 0.29) is 12.2 Å². The summed E-state index contributed by atoms with van der Waals surface area (Å²) >= 11 is 0. The second-order valence-electron chi connectivity index (χ2n) is 7.76. The molecule has 27 heavy (non-hydrogen) atoms. The quantitative estimate of drug-likeness (QED) is 0.284. The van der Waals surface area contributed by atoms with Crippen molar-refractivity contribution in [1.82, 2.24) is 0 Å². The minimum atomic E-state index is -2.29. The minimum absolute atomic E-state index is 0.261. The maximum absolute atomic E-state index is 12.1. The maximum Gasteiger partial charge on any atom is 0.202 e. The van der Waals surface area contributed by atoms with Gasteiger partial charge in [0.05, 0.1) is 13.0 Å². The molecule has 0 aliphatic carbocycles. The first-order chi connectivity index (χ1) is 12.9.